The smallest absolute Gasteiger partial charge is 0.264 e. The molecule has 0 spiro atoms. The third-order valence-electron chi connectivity index (χ3n) is 6.74. The number of benzene rings is 3. The van der Waals surface area contributed by atoms with Gasteiger partial charge in [0.15, 0.2) is 0 Å². The van der Waals surface area contributed by atoms with Gasteiger partial charge in [0, 0.05) is 18.1 Å². The summed E-state index contributed by atoms with van der Waals surface area (Å²) in [4.78, 5) is 28.7. The topological polar surface area (TPSA) is 96.0 Å². The van der Waals surface area contributed by atoms with Gasteiger partial charge in [-0.2, -0.15) is 0 Å². The molecule has 0 aliphatic carbocycles. The number of nitrogens with one attached hydrogen (secondary N) is 1. The molecular formula is C31H38ClN3O5S. The molecule has 0 saturated carbocycles. The summed E-state index contributed by atoms with van der Waals surface area (Å²) < 4.78 is 34.0. The van der Waals surface area contributed by atoms with Crippen molar-refractivity contribution >= 4 is 39.1 Å². The maximum absolute atomic E-state index is 14.0. The Kier molecular flexibility index (Phi) is 12.0. The molecular weight excluding hydrogens is 562 g/mol. The molecule has 1 unspecified atom stereocenters. The second-order valence-electron chi connectivity index (χ2n) is 9.55. The molecule has 10 heteroatoms. The number of methoxy groups -OCH3 is 1. The van der Waals surface area contributed by atoms with Gasteiger partial charge < -0.3 is 15.0 Å². The molecule has 0 bridgehead atoms. The minimum atomic E-state index is -4.17. The Hall–Kier alpha value is -3.56. The largest absolute Gasteiger partial charge is 0.497 e. The first-order valence-electron chi connectivity index (χ1n) is 13.7. The summed E-state index contributed by atoms with van der Waals surface area (Å²) in [7, 11) is -2.68. The second-order valence-corrected chi connectivity index (χ2v) is 11.9. The molecule has 0 heterocycles. The molecule has 0 fully saturated rings. The van der Waals surface area contributed by atoms with Crippen LogP contribution in [-0.4, -0.2) is 57.9 Å². The van der Waals surface area contributed by atoms with E-state index in [4.69, 9.17) is 16.3 Å². The fraction of sp³-hybridized carbons (Fsp3) is 0.355. The number of nitrogens with zero attached hydrogens (tertiary/aromatic N) is 2. The number of anilines is 1. The van der Waals surface area contributed by atoms with Crippen molar-refractivity contribution in [1.29, 1.82) is 0 Å². The van der Waals surface area contributed by atoms with Crippen LogP contribution in [0.1, 0.15) is 38.7 Å². The van der Waals surface area contributed by atoms with Gasteiger partial charge in [-0.25, -0.2) is 8.42 Å². The molecule has 1 N–H and O–H groups in total. The van der Waals surface area contributed by atoms with E-state index >= 15 is 0 Å². The van der Waals surface area contributed by atoms with Gasteiger partial charge in [0.1, 0.15) is 18.3 Å². The van der Waals surface area contributed by atoms with Gasteiger partial charge in [-0.3, -0.25) is 13.9 Å². The highest BCUT2D eigenvalue weighted by Crippen LogP contribution is 2.27. The van der Waals surface area contributed by atoms with Gasteiger partial charge >= 0.3 is 0 Å². The standard InChI is InChI=1S/C31H38ClN3O5S/c1-4-6-21-33-31(37)29(5-2)34(22-20-24-10-8-7-9-11-24)30(36)23-35(26-14-12-25(32)13-15-26)41(38,39)28-18-16-27(40-3)17-19-28/h7-19,29H,4-6,20-23H2,1-3H3,(H,33,37). The quantitative estimate of drug-likeness (QED) is 0.239. The van der Waals surface area contributed by atoms with E-state index in [9.17, 15) is 18.0 Å². The van der Waals surface area contributed by atoms with Crippen LogP contribution in [0.4, 0.5) is 5.69 Å². The van der Waals surface area contributed by atoms with Crippen LogP contribution in [0.15, 0.2) is 83.8 Å². The summed E-state index contributed by atoms with van der Waals surface area (Å²) in [5.74, 6) is -0.228. The molecule has 3 rings (SSSR count). The number of amides is 2. The van der Waals surface area contributed by atoms with Crippen LogP contribution in [0.25, 0.3) is 0 Å². The van der Waals surface area contributed by atoms with Crippen molar-refractivity contribution in [3.8, 4) is 5.75 Å². The molecule has 41 heavy (non-hydrogen) atoms. The zero-order chi connectivity index (χ0) is 29.8. The van der Waals surface area contributed by atoms with Gasteiger partial charge in [0.25, 0.3) is 10.0 Å². The van der Waals surface area contributed by atoms with Gasteiger partial charge in [0.05, 0.1) is 17.7 Å². The van der Waals surface area contributed by atoms with E-state index in [1.54, 1.807) is 36.4 Å². The lowest BCUT2D eigenvalue weighted by Crippen LogP contribution is -2.53. The van der Waals surface area contributed by atoms with E-state index in [0.717, 1.165) is 22.7 Å². The molecule has 3 aromatic rings. The number of ether oxygens (including phenoxy) is 1. The number of unbranched alkanes of at least 4 members (excludes halogenated alkanes) is 1. The maximum atomic E-state index is 14.0. The molecule has 3 aromatic carbocycles. The monoisotopic (exact) mass is 599 g/mol. The third kappa shape index (κ3) is 8.71. The molecule has 2 amide bonds. The number of hydrogen-bond acceptors (Lipinski definition) is 5. The number of rotatable bonds is 15. The number of sulfonamides is 1. The fourth-order valence-corrected chi connectivity index (χ4v) is 5.95. The zero-order valence-electron chi connectivity index (χ0n) is 23.8. The molecule has 8 nitrogen and oxygen atoms in total. The summed E-state index contributed by atoms with van der Waals surface area (Å²) >= 11 is 6.08. The molecule has 0 radical (unpaired) electrons. The van der Waals surface area contributed by atoms with Crippen molar-refractivity contribution in [2.75, 3.05) is 31.0 Å². The van der Waals surface area contributed by atoms with Crippen LogP contribution in [0.3, 0.4) is 0 Å². The highest BCUT2D eigenvalue weighted by molar-refractivity contribution is 7.92. The number of hydrogen-bond donors (Lipinski definition) is 1. The van der Waals surface area contributed by atoms with E-state index in [1.807, 2.05) is 44.2 Å². The van der Waals surface area contributed by atoms with E-state index in [2.05, 4.69) is 5.32 Å². The van der Waals surface area contributed by atoms with Crippen LogP contribution in [0, 0.1) is 0 Å². The minimum absolute atomic E-state index is 0.00114. The SMILES string of the molecule is CCCCNC(=O)C(CC)N(CCc1ccccc1)C(=O)CN(c1ccc(Cl)cc1)S(=O)(=O)c1ccc(OC)cc1. The molecule has 0 aromatic heterocycles. The highest BCUT2D eigenvalue weighted by atomic mass is 35.5. The van der Waals surface area contributed by atoms with Crippen molar-refractivity contribution < 1.29 is 22.7 Å². The Labute approximate surface area is 248 Å². The Morgan fingerprint density at radius 3 is 2.20 bits per heavy atom. The van der Waals surface area contributed by atoms with Gasteiger partial charge in [-0.1, -0.05) is 62.2 Å². The van der Waals surface area contributed by atoms with Crippen LogP contribution in [-0.2, 0) is 26.0 Å². The normalized spacial score (nSPS) is 11.9. The Balaban J connectivity index is 1.98. The van der Waals surface area contributed by atoms with Crippen molar-refractivity contribution in [3.05, 3.63) is 89.4 Å². The second kappa shape index (κ2) is 15.4. The van der Waals surface area contributed by atoms with E-state index < -0.39 is 28.5 Å². The predicted octanol–water partition coefficient (Wildman–Crippen LogP) is 5.31. The van der Waals surface area contributed by atoms with E-state index in [-0.39, 0.29) is 23.0 Å². The van der Waals surface area contributed by atoms with Gasteiger partial charge in [-0.15, -0.1) is 0 Å². The first kappa shape index (κ1) is 32.0. The maximum Gasteiger partial charge on any atom is 0.264 e. The van der Waals surface area contributed by atoms with Crippen LogP contribution < -0.4 is 14.4 Å². The van der Waals surface area contributed by atoms with Crippen molar-refractivity contribution in [2.45, 2.75) is 50.5 Å². The van der Waals surface area contributed by atoms with Crippen LogP contribution in [0.2, 0.25) is 5.02 Å². The molecule has 0 aliphatic rings. The van der Waals surface area contributed by atoms with Gasteiger partial charge in [-0.05, 0) is 73.4 Å². The lowest BCUT2D eigenvalue weighted by molar-refractivity contribution is -0.139. The first-order valence-corrected chi connectivity index (χ1v) is 15.6. The van der Waals surface area contributed by atoms with E-state index in [1.165, 1.54) is 24.1 Å². The average molecular weight is 600 g/mol. The summed E-state index contributed by atoms with van der Waals surface area (Å²) in [6.07, 6.45) is 2.64. The average Bonchev–Trinajstić information content (AvgIpc) is 2.99. The van der Waals surface area contributed by atoms with Crippen molar-refractivity contribution in [1.82, 2.24) is 10.2 Å². The van der Waals surface area contributed by atoms with Crippen molar-refractivity contribution in [2.24, 2.45) is 0 Å². The van der Waals surface area contributed by atoms with Crippen LogP contribution in [0.5, 0.6) is 5.75 Å². The summed E-state index contributed by atoms with van der Waals surface area (Å²) in [6.45, 7) is 4.14. The summed E-state index contributed by atoms with van der Waals surface area (Å²) in [5.41, 5.74) is 1.29. The third-order valence-corrected chi connectivity index (χ3v) is 8.78. The highest BCUT2D eigenvalue weighted by Gasteiger charge is 2.33. The van der Waals surface area contributed by atoms with Crippen LogP contribution >= 0.6 is 11.6 Å². The number of carbonyl (C=O) groups is 2. The summed E-state index contributed by atoms with van der Waals surface area (Å²) in [5, 5.41) is 3.37. The van der Waals surface area contributed by atoms with Gasteiger partial charge in [0.2, 0.25) is 11.8 Å². The Morgan fingerprint density at radius 2 is 1.61 bits per heavy atom. The molecule has 0 saturated heterocycles. The van der Waals surface area contributed by atoms with E-state index in [0.29, 0.717) is 30.2 Å². The molecule has 1 atom stereocenters. The Morgan fingerprint density at radius 1 is 0.951 bits per heavy atom. The lowest BCUT2D eigenvalue weighted by Gasteiger charge is -2.33. The Bertz CT molecular complexity index is 1370. The number of carbonyl (C=O) groups excluding carboxylic acids is 2. The molecule has 220 valence electrons. The first-order chi connectivity index (χ1) is 19.7. The lowest BCUT2D eigenvalue weighted by atomic mass is 10.1. The molecule has 0 aliphatic heterocycles. The predicted molar refractivity (Wildman–Crippen MR) is 163 cm³/mol. The minimum Gasteiger partial charge on any atom is -0.497 e. The zero-order valence-corrected chi connectivity index (χ0v) is 25.3. The fourth-order valence-electron chi connectivity index (χ4n) is 4.41. The number of halogens is 1. The van der Waals surface area contributed by atoms with Crippen molar-refractivity contribution in [3.63, 3.8) is 0 Å². The summed E-state index contributed by atoms with van der Waals surface area (Å²) in [6, 6.07) is 21.1.